The third-order valence-corrected chi connectivity index (χ3v) is 5.92. The molecular weight excluding hydrogens is 645 g/mol. The van der Waals surface area contributed by atoms with E-state index in [-0.39, 0.29) is 11.3 Å². The van der Waals surface area contributed by atoms with E-state index in [2.05, 4.69) is 10.1 Å². The van der Waals surface area contributed by atoms with Crippen molar-refractivity contribution in [1.82, 2.24) is 0 Å². The monoisotopic (exact) mass is 662 g/mol. The van der Waals surface area contributed by atoms with Crippen LogP contribution >= 0.6 is 0 Å². The Labute approximate surface area is 244 Å². The van der Waals surface area contributed by atoms with E-state index in [1.807, 2.05) is 0 Å². The Kier molecular flexibility index (Phi) is 9.47. The highest BCUT2D eigenvalue weighted by molar-refractivity contribution is 6.11. The number of amides is 2. The third kappa shape index (κ3) is 7.13. The van der Waals surface area contributed by atoms with Crippen LogP contribution in [0, 0.1) is 0 Å². The van der Waals surface area contributed by atoms with E-state index in [1.54, 1.807) is 5.32 Å². The number of rotatable bonds is 9. The molecule has 0 aliphatic rings. The number of para-hydroxylation sites is 1. The van der Waals surface area contributed by atoms with Gasteiger partial charge in [0.05, 0.1) is 23.9 Å². The maximum atomic E-state index is 14.5. The van der Waals surface area contributed by atoms with E-state index in [0.29, 0.717) is 0 Å². The average Bonchev–Trinajstić information content (AvgIpc) is 2.92. The smallest absolute Gasteiger partial charge is 0.435 e. The Morgan fingerprint density at radius 1 is 0.800 bits per heavy atom. The Bertz CT molecular complexity index is 1560. The lowest BCUT2D eigenvalue weighted by molar-refractivity contribution is -0.348. The number of nitrogens with one attached hydrogen (secondary N) is 2. The summed E-state index contributed by atoms with van der Waals surface area (Å²) in [6, 6.07) is 5.74. The number of alkyl halides is 11. The average molecular weight is 662 g/mol. The van der Waals surface area contributed by atoms with Gasteiger partial charge in [-0.2, -0.15) is 43.9 Å². The highest BCUT2D eigenvalue weighted by atomic mass is 19.4. The summed E-state index contributed by atoms with van der Waals surface area (Å²) >= 11 is 0. The van der Waals surface area contributed by atoms with Gasteiger partial charge >= 0.3 is 30.7 Å². The molecule has 3 rings (SSSR count). The normalized spacial score (nSPS) is 12.6. The Morgan fingerprint density at radius 2 is 1.38 bits per heavy atom. The van der Waals surface area contributed by atoms with E-state index in [4.69, 9.17) is 9.84 Å². The Balaban J connectivity index is 2.01. The first kappa shape index (κ1) is 34.7. The molecule has 2 amide bonds. The molecule has 0 saturated heterocycles. The van der Waals surface area contributed by atoms with Crippen molar-refractivity contribution in [2.45, 2.75) is 30.7 Å². The Morgan fingerprint density at radius 3 is 1.87 bits per heavy atom. The van der Waals surface area contributed by atoms with E-state index in [0.717, 1.165) is 49.6 Å². The van der Waals surface area contributed by atoms with Gasteiger partial charge in [0.15, 0.2) is 11.5 Å². The molecule has 0 aliphatic heterocycles. The maximum absolute atomic E-state index is 14.5. The van der Waals surface area contributed by atoms with Crippen LogP contribution in [0.25, 0.3) is 0 Å². The first-order chi connectivity index (χ1) is 20.6. The van der Waals surface area contributed by atoms with Gasteiger partial charge in [-0.05, 0) is 48.5 Å². The zero-order chi connectivity index (χ0) is 34.1. The summed E-state index contributed by atoms with van der Waals surface area (Å²) in [7, 11) is 0.979. The van der Waals surface area contributed by atoms with E-state index in [1.165, 1.54) is 0 Å². The third-order valence-electron chi connectivity index (χ3n) is 5.92. The van der Waals surface area contributed by atoms with Gasteiger partial charge in [0.2, 0.25) is 0 Å². The number of benzene rings is 3. The SMILES string of the molecule is COc1c(NC(=O)c2ccc(C(O)(F)F)cc2)cccc1C(=O)Nc1c(O)cc(C(F)(C(F)(F)F)C(F)(F)F)cc1OC(F)F. The molecule has 0 atom stereocenters. The quantitative estimate of drug-likeness (QED) is 0.147. The predicted octanol–water partition coefficient (Wildman–Crippen LogP) is 6.84. The van der Waals surface area contributed by atoms with Crippen LogP contribution in [-0.4, -0.2) is 48.1 Å². The molecular formula is C26H17F11N2O6. The summed E-state index contributed by atoms with van der Waals surface area (Å²) in [6.45, 7) is -3.95. The molecule has 0 saturated carbocycles. The molecule has 19 heteroatoms. The first-order valence-corrected chi connectivity index (χ1v) is 11.8. The van der Waals surface area contributed by atoms with Gasteiger partial charge < -0.3 is 30.3 Å². The number of carbonyl (C=O) groups excluding carboxylic acids is 2. The van der Waals surface area contributed by atoms with Gasteiger partial charge in [0.25, 0.3) is 11.8 Å². The summed E-state index contributed by atoms with van der Waals surface area (Å²) in [6.07, 6.45) is -17.6. The van der Waals surface area contributed by atoms with Gasteiger partial charge in [-0.1, -0.05) is 6.07 Å². The van der Waals surface area contributed by atoms with E-state index < -0.39 is 94.3 Å². The molecule has 3 aromatic rings. The van der Waals surface area contributed by atoms with Gasteiger partial charge in [-0.3, -0.25) is 9.59 Å². The van der Waals surface area contributed by atoms with Crippen molar-refractivity contribution < 1.29 is 77.6 Å². The van der Waals surface area contributed by atoms with E-state index >= 15 is 0 Å². The fraction of sp³-hybridized carbons (Fsp3) is 0.231. The number of phenols is 1. The molecule has 8 nitrogen and oxygen atoms in total. The molecule has 45 heavy (non-hydrogen) atoms. The van der Waals surface area contributed by atoms with Crippen molar-refractivity contribution in [3.63, 3.8) is 0 Å². The van der Waals surface area contributed by atoms with Gasteiger partial charge in [-0.15, -0.1) is 0 Å². The van der Waals surface area contributed by atoms with Crippen LogP contribution in [0.2, 0.25) is 0 Å². The summed E-state index contributed by atoms with van der Waals surface area (Å²) < 4.78 is 155. The lowest BCUT2D eigenvalue weighted by atomic mass is 9.93. The second-order valence-corrected chi connectivity index (χ2v) is 8.81. The minimum atomic E-state index is -6.69. The second kappa shape index (κ2) is 12.3. The highest BCUT2D eigenvalue weighted by Gasteiger charge is 2.73. The van der Waals surface area contributed by atoms with Crippen LogP contribution < -0.4 is 20.1 Å². The Hall–Kier alpha value is -4.81. The van der Waals surface area contributed by atoms with Gasteiger partial charge in [0, 0.05) is 11.1 Å². The van der Waals surface area contributed by atoms with Crippen molar-refractivity contribution in [2.24, 2.45) is 0 Å². The summed E-state index contributed by atoms with van der Waals surface area (Å²) in [4.78, 5) is 25.7. The lowest BCUT2D eigenvalue weighted by Gasteiger charge is -2.31. The molecule has 0 radical (unpaired) electrons. The number of aliphatic hydroxyl groups is 1. The number of ether oxygens (including phenoxy) is 2. The maximum Gasteiger partial charge on any atom is 0.435 e. The number of hydrogen-bond donors (Lipinski definition) is 4. The summed E-state index contributed by atoms with van der Waals surface area (Å²) in [5.41, 5.74) is -11.7. The van der Waals surface area contributed by atoms with Crippen molar-refractivity contribution in [3.05, 3.63) is 76.9 Å². The van der Waals surface area contributed by atoms with Crippen LogP contribution in [-0.2, 0) is 11.8 Å². The minimum absolute atomic E-state index is 0.222. The second-order valence-electron chi connectivity index (χ2n) is 8.81. The van der Waals surface area contributed by atoms with Crippen LogP contribution in [0.5, 0.6) is 17.2 Å². The first-order valence-electron chi connectivity index (χ1n) is 11.8. The van der Waals surface area contributed by atoms with E-state index in [9.17, 15) is 63.0 Å². The molecule has 3 aromatic carbocycles. The summed E-state index contributed by atoms with van der Waals surface area (Å²) in [5, 5.41) is 22.9. The number of carbonyl (C=O) groups is 2. The van der Waals surface area contributed by atoms with Crippen LogP contribution in [0.3, 0.4) is 0 Å². The fourth-order valence-electron chi connectivity index (χ4n) is 3.83. The van der Waals surface area contributed by atoms with Crippen molar-refractivity contribution in [3.8, 4) is 17.2 Å². The largest absolute Gasteiger partial charge is 0.506 e. The molecule has 4 N–H and O–H groups in total. The molecule has 0 heterocycles. The zero-order valence-electron chi connectivity index (χ0n) is 22.0. The summed E-state index contributed by atoms with van der Waals surface area (Å²) in [5.74, 6) is -6.27. The number of anilines is 2. The molecule has 0 bridgehead atoms. The standard InChI is InChI=1S/C26H17F11N2O6/c1-44-19-14(3-2-4-15(19)38-20(41)11-5-7-12(8-6-11)24(30,31)43)21(42)39-18-16(40)9-13(10-17(18)45-22(27)28)23(29,25(32,33)34)26(35,36)37/h2-10,22,40,43H,1H3,(H,38,41)(H,39,42). The molecule has 0 fully saturated rings. The van der Waals surface area contributed by atoms with Crippen molar-refractivity contribution in [2.75, 3.05) is 17.7 Å². The molecule has 0 aliphatic carbocycles. The predicted molar refractivity (Wildman–Crippen MR) is 131 cm³/mol. The number of phenolic OH excluding ortho intramolecular Hbond substituents is 1. The molecule has 0 spiro atoms. The number of halogens is 11. The lowest BCUT2D eigenvalue weighted by Crippen LogP contribution is -2.50. The zero-order valence-corrected chi connectivity index (χ0v) is 22.0. The molecule has 244 valence electrons. The van der Waals surface area contributed by atoms with Crippen LogP contribution in [0.15, 0.2) is 54.6 Å². The van der Waals surface area contributed by atoms with Crippen molar-refractivity contribution >= 4 is 23.2 Å². The van der Waals surface area contributed by atoms with Crippen molar-refractivity contribution in [1.29, 1.82) is 0 Å². The fourth-order valence-corrected chi connectivity index (χ4v) is 3.83. The highest BCUT2D eigenvalue weighted by Crippen LogP contribution is 2.55. The molecule has 0 unspecified atom stereocenters. The van der Waals surface area contributed by atoms with Crippen LogP contribution in [0.1, 0.15) is 31.8 Å². The number of hydrogen-bond acceptors (Lipinski definition) is 6. The number of methoxy groups -OCH3 is 1. The molecule has 0 aromatic heterocycles. The minimum Gasteiger partial charge on any atom is -0.506 e. The number of aromatic hydroxyl groups is 1. The van der Waals surface area contributed by atoms with Gasteiger partial charge in [-0.25, -0.2) is 4.39 Å². The van der Waals surface area contributed by atoms with Crippen LogP contribution in [0.4, 0.5) is 59.7 Å². The topological polar surface area (TPSA) is 117 Å². The van der Waals surface area contributed by atoms with Gasteiger partial charge in [0.1, 0.15) is 11.4 Å².